The van der Waals surface area contributed by atoms with Gasteiger partial charge in [-0.25, -0.2) is 4.98 Å². The number of ether oxygens (including phenoxy) is 1. The fourth-order valence-corrected chi connectivity index (χ4v) is 2.24. The van der Waals surface area contributed by atoms with Crippen LogP contribution in [0.2, 0.25) is 0 Å². The van der Waals surface area contributed by atoms with E-state index in [9.17, 15) is 0 Å². The summed E-state index contributed by atoms with van der Waals surface area (Å²) < 4.78 is 6.14. The van der Waals surface area contributed by atoms with Gasteiger partial charge < -0.3 is 20.4 Å². The molecule has 0 bridgehead atoms. The largest absolute Gasteiger partial charge is 0.497 e. The van der Waals surface area contributed by atoms with Crippen LogP contribution in [0, 0.1) is 0 Å². The zero-order valence-corrected chi connectivity index (χ0v) is 13.0. The van der Waals surface area contributed by atoms with Gasteiger partial charge in [-0.15, -0.1) is 0 Å². The molecule has 0 radical (unpaired) electrons. The molecule has 8 heteroatoms. The number of halogens is 1. The first kappa shape index (κ1) is 13.6. The standard InChI is InChI=1S/C13H13BrN6O/c1-15-13-19-11-10(16-6-17-11)12(20-13)18-9-5-7(21-2)3-4-8(9)14/h3-6H,1-2H3,(H3,15,16,17,18,19,20). The molecule has 0 fully saturated rings. The van der Waals surface area contributed by atoms with E-state index in [1.165, 1.54) is 0 Å². The van der Waals surface area contributed by atoms with Crippen molar-refractivity contribution in [3.8, 4) is 5.75 Å². The first-order valence-corrected chi connectivity index (χ1v) is 7.00. The first-order valence-electron chi connectivity index (χ1n) is 6.20. The van der Waals surface area contributed by atoms with Gasteiger partial charge in [-0.05, 0) is 28.1 Å². The summed E-state index contributed by atoms with van der Waals surface area (Å²) in [7, 11) is 3.39. The van der Waals surface area contributed by atoms with Crippen LogP contribution in [0.3, 0.4) is 0 Å². The van der Waals surface area contributed by atoms with Gasteiger partial charge in [0, 0.05) is 17.6 Å². The second-order valence-corrected chi connectivity index (χ2v) is 5.07. The molecule has 0 amide bonds. The molecule has 0 aliphatic rings. The molecule has 0 unspecified atom stereocenters. The third-order valence-electron chi connectivity index (χ3n) is 2.94. The maximum Gasteiger partial charge on any atom is 0.226 e. The van der Waals surface area contributed by atoms with Crippen LogP contribution >= 0.6 is 15.9 Å². The van der Waals surface area contributed by atoms with Gasteiger partial charge in [-0.2, -0.15) is 9.97 Å². The van der Waals surface area contributed by atoms with E-state index in [0.717, 1.165) is 21.4 Å². The Balaban J connectivity index is 2.07. The highest BCUT2D eigenvalue weighted by Crippen LogP contribution is 2.31. The molecule has 2 aromatic heterocycles. The zero-order chi connectivity index (χ0) is 14.8. The minimum absolute atomic E-state index is 0.496. The van der Waals surface area contributed by atoms with Crippen LogP contribution < -0.4 is 15.4 Å². The Hall–Kier alpha value is -2.35. The molecule has 7 nitrogen and oxygen atoms in total. The number of methoxy groups -OCH3 is 1. The average Bonchev–Trinajstić information content (AvgIpc) is 2.98. The number of hydrogen-bond acceptors (Lipinski definition) is 6. The summed E-state index contributed by atoms with van der Waals surface area (Å²) >= 11 is 3.50. The van der Waals surface area contributed by atoms with Crippen molar-refractivity contribution in [3.63, 3.8) is 0 Å². The van der Waals surface area contributed by atoms with E-state index >= 15 is 0 Å². The predicted molar refractivity (Wildman–Crippen MR) is 85.2 cm³/mol. The number of aromatic amines is 1. The number of H-pyrrole nitrogens is 1. The number of rotatable bonds is 4. The van der Waals surface area contributed by atoms with Crippen LogP contribution in [0.4, 0.5) is 17.5 Å². The Kier molecular flexibility index (Phi) is 3.61. The molecule has 108 valence electrons. The van der Waals surface area contributed by atoms with Crippen LogP contribution in [0.25, 0.3) is 11.2 Å². The molecule has 0 saturated heterocycles. The van der Waals surface area contributed by atoms with Gasteiger partial charge in [0.15, 0.2) is 11.5 Å². The molecule has 0 aliphatic carbocycles. The van der Waals surface area contributed by atoms with Crippen molar-refractivity contribution in [2.75, 3.05) is 24.8 Å². The number of hydrogen-bond donors (Lipinski definition) is 3. The summed E-state index contributed by atoms with van der Waals surface area (Å²) in [5.41, 5.74) is 2.17. The Morgan fingerprint density at radius 1 is 1.29 bits per heavy atom. The average molecular weight is 349 g/mol. The summed E-state index contributed by atoms with van der Waals surface area (Å²) in [5.74, 6) is 1.89. The number of anilines is 3. The van der Waals surface area contributed by atoms with E-state index in [4.69, 9.17) is 4.74 Å². The van der Waals surface area contributed by atoms with Gasteiger partial charge in [0.2, 0.25) is 5.95 Å². The van der Waals surface area contributed by atoms with Crippen LogP contribution in [0.1, 0.15) is 0 Å². The molecular formula is C13H13BrN6O. The summed E-state index contributed by atoms with van der Waals surface area (Å²) in [6.45, 7) is 0. The third kappa shape index (κ3) is 2.62. The quantitative estimate of drug-likeness (QED) is 0.671. The van der Waals surface area contributed by atoms with Crippen molar-refractivity contribution in [2.24, 2.45) is 0 Å². The number of nitrogens with zero attached hydrogens (tertiary/aromatic N) is 3. The summed E-state index contributed by atoms with van der Waals surface area (Å²) in [5, 5.41) is 6.18. The number of fused-ring (bicyclic) bond motifs is 1. The van der Waals surface area contributed by atoms with Crippen molar-refractivity contribution < 1.29 is 4.74 Å². The van der Waals surface area contributed by atoms with Crippen molar-refractivity contribution in [2.45, 2.75) is 0 Å². The SMILES string of the molecule is CNc1nc(Nc2cc(OC)ccc2Br)c2[nH]cnc2n1. The molecule has 0 aliphatic heterocycles. The lowest BCUT2D eigenvalue weighted by molar-refractivity contribution is 0.415. The maximum absolute atomic E-state index is 5.24. The van der Waals surface area contributed by atoms with Gasteiger partial charge in [0.25, 0.3) is 0 Å². The molecule has 0 saturated carbocycles. The Morgan fingerprint density at radius 2 is 2.14 bits per heavy atom. The molecular weight excluding hydrogens is 336 g/mol. The predicted octanol–water partition coefficient (Wildman–Crippen LogP) is 2.91. The molecule has 1 aromatic carbocycles. The zero-order valence-electron chi connectivity index (χ0n) is 11.4. The molecule has 3 rings (SSSR count). The highest BCUT2D eigenvalue weighted by molar-refractivity contribution is 9.10. The molecule has 2 heterocycles. The van der Waals surface area contributed by atoms with Crippen LogP contribution in [-0.2, 0) is 0 Å². The topological polar surface area (TPSA) is 87.8 Å². The Morgan fingerprint density at radius 3 is 2.90 bits per heavy atom. The van der Waals surface area contributed by atoms with Crippen molar-refractivity contribution in [1.29, 1.82) is 0 Å². The molecule has 0 spiro atoms. The molecule has 21 heavy (non-hydrogen) atoms. The van der Waals surface area contributed by atoms with E-state index in [0.29, 0.717) is 17.4 Å². The lowest BCUT2D eigenvalue weighted by Crippen LogP contribution is -2.02. The lowest BCUT2D eigenvalue weighted by atomic mass is 10.3. The van der Waals surface area contributed by atoms with Crippen molar-refractivity contribution in [1.82, 2.24) is 19.9 Å². The highest BCUT2D eigenvalue weighted by atomic mass is 79.9. The number of aromatic nitrogens is 4. The van der Waals surface area contributed by atoms with E-state index in [-0.39, 0.29) is 0 Å². The van der Waals surface area contributed by atoms with Crippen LogP contribution in [0.15, 0.2) is 29.0 Å². The highest BCUT2D eigenvalue weighted by Gasteiger charge is 2.11. The molecule has 3 N–H and O–H groups in total. The second-order valence-electron chi connectivity index (χ2n) is 4.22. The van der Waals surface area contributed by atoms with Gasteiger partial charge in [-0.3, -0.25) is 0 Å². The van der Waals surface area contributed by atoms with E-state index in [1.54, 1.807) is 20.5 Å². The van der Waals surface area contributed by atoms with Crippen molar-refractivity contribution >= 4 is 44.5 Å². The first-order chi connectivity index (χ1) is 10.2. The monoisotopic (exact) mass is 348 g/mol. The van der Waals surface area contributed by atoms with Gasteiger partial charge in [-0.1, -0.05) is 0 Å². The summed E-state index contributed by atoms with van der Waals surface area (Å²) in [6, 6.07) is 5.67. The van der Waals surface area contributed by atoms with Gasteiger partial charge in [0.05, 0.1) is 19.1 Å². The Bertz CT molecular complexity index is 787. The second kappa shape index (κ2) is 5.57. The molecule has 0 atom stereocenters. The van der Waals surface area contributed by atoms with Crippen LogP contribution in [-0.4, -0.2) is 34.1 Å². The fourth-order valence-electron chi connectivity index (χ4n) is 1.89. The number of imidazole rings is 1. The third-order valence-corrected chi connectivity index (χ3v) is 3.63. The Labute approximate surface area is 129 Å². The maximum atomic E-state index is 5.24. The van der Waals surface area contributed by atoms with Crippen LogP contribution in [0.5, 0.6) is 5.75 Å². The van der Waals surface area contributed by atoms with Crippen molar-refractivity contribution in [3.05, 3.63) is 29.0 Å². The number of benzene rings is 1. The minimum atomic E-state index is 0.496. The molecule has 3 aromatic rings. The van der Waals surface area contributed by atoms with E-state index < -0.39 is 0 Å². The minimum Gasteiger partial charge on any atom is -0.497 e. The van der Waals surface area contributed by atoms with Gasteiger partial charge in [0.1, 0.15) is 11.3 Å². The fraction of sp³-hybridized carbons (Fsp3) is 0.154. The van der Waals surface area contributed by atoms with Gasteiger partial charge >= 0.3 is 0 Å². The normalized spacial score (nSPS) is 10.6. The van der Waals surface area contributed by atoms with E-state index in [2.05, 4.69) is 46.5 Å². The lowest BCUT2D eigenvalue weighted by Gasteiger charge is -2.11. The summed E-state index contributed by atoms with van der Waals surface area (Å²) in [6.07, 6.45) is 1.59. The number of nitrogens with one attached hydrogen (secondary N) is 3. The summed E-state index contributed by atoms with van der Waals surface area (Å²) in [4.78, 5) is 15.9. The smallest absolute Gasteiger partial charge is 0.226 e. The van der Waals surface area contributed by atoms with E-state index in [1.807, 2.05) is 18.2 Å².